The molecule has 1 aliphatic heterocycles. The molecule has 1 N–H and O–H groups in total. The molecule has 1 aromatic carbocycles. The summed E-state index contributed by atoms with van der Waals surface area (Å²) in [4.78, 5) is 16.8. The maximum Gasteiger partial charge on any atom is 0.261 e. The number of para-hydroxylation sites is 1. The molecule has 0 saturated heterocycles. The molecule has 1 aliphatic rings. The number of amides is 1. The van der Waals surface area contributed by atoms with Crippen molar-refractivity contribution in [3.63, 3.8) is 0 Å². The first-order valence-electron chi connectivity index (χ1n) is 8.29. The minimum Gasteiger partial charge on any atom is -0.480 e. The van der Waals surface area contributed by atoms with Crippen LogP contribution in [0.1, 0.15) is 17.5 Å². The van der Waals surface area contributed by atoms with Gasteiger partial charge < -0.3 is 14.5 Å². The van der Waals surface area contributed by atoms with Crippen molar-refractivity contribution >= 4 is 5.91 Å². The van der Waals surface area contributed by atoms with Gasteiger partial charge in [-0.25, -0.2) is 0 Å². The Labute approximate surface area is 145 Å². The van der Waals surface area contributed by atoms with Crippen LogP contribution in [-0.4, -0.2) is 17.0 Å². The number of nitrogens with zero attached hydrogens (tertiary/aromatic N) is 1. The van der Waals surface area contributed by atoms with Crippen LogP contribution in [0.15, 0.2) is 65.6 Å². The van der Waals surface area contributed by atoms with Gasteiger partial charge in [-0.2, -0.15) is 0 Å². The molecule has 2 aromatic heterocycles. The monoisotopic (exact) mass is 334 g/mol. The lowest BCUT2D eigenvalue weighted by Crippen LogP contribution is -2.40. The van der Waals surface area contributed by atoms with Crippen LogP contribution in [0, 0.1) is 0 Å². The number of hydrogen-bond acceptors (Lipinski definition) is 4. The zero-order chi connectivity index (χ0) is 17.1. The van der Waals surface area contributed by atoms with Gasteiger partial charge in [0, 0.05) is 18.3 Å². The summed E-state index contributed by atoms with van der Waals surface area (Å²) in [6.07, 6.45) is 6.15. The van der Waals surface area contributed by atoms with Crippen molar-refractivity contribution in [2.45, 2.75) is 25.5 Å². The van der Waals surface area contributed by atoms with Gasteiger partial charge in [-0.05, 0) is 42.2 Å². The van der Waals surface area contributed by atoms with Crippen LogP contribution < -0.4 is 10.1 Å². The van der Waals surface area contributed by atoms with E-state index in [-0.39, 0.29) is 5.91 Å². The first kappa shape index (κ1) is 15.4. The molecule has 1 unspecified atom stereocenters. The Morgan fingerprint density at radius 1 is 1.20 bits per heavy atom. The molecule has 0 spiro atoms. The topological polar surface area (TPSA) is 64.4 Å². The van der Waals surface area contributed by atoms with Gasteiger partial charge in [-0.3, -0.25) is 9.78 Å². The van der Waals surface area contributed by atoms with E-state index < -0.39 is 6.10 Å². The number of ether oxygens (including phenoxy) is 1. The van der Waals surface area contributed by atoms with E-state index in [0.29, 0.717) is 13.0 Å². The number of aromatic nitrogens is 1. The molecule has 0 fully saturated rings. The molecule has 0 radical (unpaired) electrons. The van der Waals surface area contributed by atoms with Crippen molar-refractivity contribution in [2.24, 2.45) is 0 Å². The van der Waals surface area contributed by atoms with Crippen molar-refractivity contribution in [2.75, 3.05) is 0 Å². The maximum absolute atomic E-state index is 12.4. The van der Waals surface area contributed by atoms with Crippen molar-refractivity contribution in [3.05, 3.63) is 72.3 Å². The fourth-order valence-electron chi connectivity index (χ4n) is 2.92. The number of nitrogens with one attached hydrogen (secondary N) is 1. The van der Waals surface area contributed by atoms with E-state index in [1.807, 2.05) is 42.5 Å². The Hall–Kier alpha value is -3.08. The Morgan fingerprint density at radius 3 is 2.92 bits per heavy atom. The van der Waals surface area contributed by atoms with Gasteiger partial charge in [0.25, 0.3) is 5.91 Å². The van der Waals surface area contributed by atoms with Gasteiger partial charge in [-0.1, -0.05) is 24.3 Å². The third kappa shape index (κ3) is 3.40. The second kappa shape index (κ2) is 6.81. The largest absolute Gasteiger partial charge is 0.480 e. The first-order chi connectivity index (χ1) is 12.3. The summed E-state index contributed by atoms with van der Waals surface area (Å²) in [6.45, 7) is 0.430. The quantitative estimate of drug-likeness (QED) is 0.795. The van der Waals surface area contributed by atoms with Crippen LogP contribution in [0.4, 0.5) is 0 Å². The van der Waals surface area contributed by atoms with Crippen molar-refractivity contribution < 1.29 is 13.9 Å². The third-order valence-corrected chi connectivity index (χ3v) is 4.32. The molecule has 25 heavy (non-hydrogen) atoms. The second-order valence-electron chi connectivity index (χ2n) is 6.03. The van der Waals surface area contributed by atoms with Crippen LogP contribution in [0.2, 0.25) is 0 Å². The number of fused-ring (bicyclic) bond motifs is 1. The van der Waals surface area contributed by atoms with Crippen LogP contribution >= 0.6 is 0 Å². The van der Waals surface area contributed by atoms with Crippen molar-refractivity contribution in [3.8, 4) is 17.0 Å². The number of pyridine rings is 1. The summed E-state index contributed by atoms with van der Waals surface area (Å²) in [5.41, 5.74) is 3.88. The SMILES string of the molecule is O=C(NCc1ccc(-c2ccoc2)nc1)C1CCc2ccccc2O1. The zero-order valence-electron chi connectivity index (χ0n) is 13.6. The highest BCUT2D eigenvalue weighted by molar-refractivity contribution is 5.81. The summed E-state index contributed by atoms with van der Waals surface area (Å²) < 4.78 is 10.9. The summed E-state index contributed by atoms with van der Waals surface area (Å²) in [6, 6.07) is 13.6. The van der Waals surface area contributed by atoms with Crippen LogP contribution in [0.25, 0.3) is 11.3 Å². The van der Waals surface area contributed by atoms with E-state index in [1.165, 1.54) is 0 Å². The molecule has 5 nitrogen and oxygen atoms in total. The lowest BCUT2D eigenvalue weighted by molar-refractivity contribution is -0.128. The van der Waals surface area contributed by atoms with Gasteiger partial charge in [0.1, 0.15) is 5.75 Å². The lowest BCUT2D eigenvalue weighted by atomic mass is 10.0. The first-order valence-corrected chi connectivity index (χ1v) is 8.29. The number of furan rings is 1. The molecule has 0 aliphatic carbocycles. The fraction of sp³-hybridized carbons (Fsp3) is 0.200. The molecule has 1 atom stereocenters. The van der Waals surface area contributed by atoms with E-state index in [1.54, 1.807) is 18.7 Å². The predicted octanol–water partition coefficient (Wildman–Crippen LogP) is 3.35. The molecule has 0 saturated carbocycles. The highest BCUT2D eigenvalue weighted by Crippen LogP contribution is 2.27. The summed E-state index contributed by atoms with van der Waals surface area (Å²) in [5, 5.41) is 2.93. The number of carbonyl (C=O) groups excluding carboxylic acids is 1. The molecule has 126 valence electrons. The summed E-state index contributed by atoms with van der Waals surface area (Å²) in [5.74, 6) is 0.716. The average molecular weight is 334 g/mol. The number of benzene rings is 1. The van der Waals surface area contributed by atoms with E-state index in [2.05, 4.69) is 10.3 Å². The Morgan fingerprint density at radius 2 is 2.12 bits per heavy atom. The molecular formula is C20H18N2O3. The van der Waals surface area contributed by atoms with Crippen LogP contribution in [-0.2, 0) is 17.8 Å². The molecule has 5 heteroatoms. The van der Waals surface area contributed by atoms with Crippen LogP contribution in [0.5, 0.6) is 5.75 Å². The number of aryl methyl sites for hydroxylation is 1. The Kier molecular flexibility index (Phi) is 4.21. The summed E-state index contributed by atoms with van der Waals surface area (Å²) >= 11 is 0. The highest BCUT2D eigenvalue weighted by atomic mass is 16.5. The number of rotatable bonds is 4. The van der Waals surface area contributed by atoms with E-state index in [9.17, 15) is 4.79 Å². The fourth-order valence-corrected chi connectivity index (χ4v) is 2.92. The minimum atomic E-state index is -0.437. The molecule has 1 amide bonds. The predicted molar refractivity (Wildman–Crippen MR) is 93.0 cm³/mol. The van der Waals surface area contributed by atoms with E-state index in [4.69, 9.17) is 9.15 Å². The van der Waals surface area contributed by atoms with Crippen molar-refractivity contribution in [1.29, 1.82) is 0 Å². The highest BCUT2D eigenvalue weighted by Gasteiger charge is 2.25. The maximum atomic E-state index is 12.4. The Bertz CT molecular complexity index is 857. The van der Waals surface area contributed by atoms with Gasteiger partial charge in [0.2, 0.25) is 0 Å². The van der Waals surface area contributed by atoms with E-state index in [0.717, 1.165) is 34.6 Å². The molecule has 3 heterocycles. The average Bonchev–Trinajstić information content (AvgIpc) is 3.21. The second-order valence-corrected chi connectivity index (χ2v) is 6.03. The third-order valence-electron chi connectivity index (χ3n) is 4.32. The minimum absolute atomic E-state index is 0.0894. The lowest BCUT2D eigenvalue weighted by Gasteiger charge is -2.25. The molecule has 3 aromatic rings. The molecular weight excluding hydrogens is 316 g/mol. The molecule has 4 rings (SSSR count). The number of hydrogen-bond donors (Lipinski definition) is 1. The molecule has 0 bridgehead atoms. The number of carbonyl (C=O) groups is 1. The normalized spacial score (nSPS) is 15.9. The zero-order valence-corrected chi connectivity index (χ0v) is 13.6. The van der Waals surface area contributed by atoms with Gasteiger partial charge in [-0.15, -0.1) is 0 Å². The van der Waals surface area contributed by atoms with Gasteiger partial charge in [0.05, 0.1) is 18.2 Å². The smallest absolute Gasteiger partial charge is 0.261 e. The summed E-state index contributed by atoms with van der Waals surface area (Å²) in [7, 11) is 0. The van der Waals surface area contributed by atoms with Crippen LogP contribution in [0.3, 0.4) is 0 Å². The Balaban J connectivity index is 1.35. The van der Waals surface area contributed by atoms with Gasteiger partial charge in [0.15, 0.2) is 6.10 Å². The van der Waals surface area contributed by atoms with Crippen molar-refractivity contribution in [1.82, 2.24) is 10.3 Å². The standard InChI is InChI=1S/C20H18N2O3/c23-20(19-8-6-15-3-1-2-4-18(15)25-19)22-12-14-5-7-17(21-11-14)16-9-10-24-13-16/h1-5,7,9-11,13,19H,6,8,12H2,(H,22,23). The van der Waals surface area contributed by atoms with E-state index >= 15 is 0 Å². The van der Waals surface area contributed by atoms with Gasteiger partial charge >= 0.3 is 0 Å².